The molecular formula is C21H26O3. The number of hydrogen-bond acceptors (Lipinski definition) is 3. The fraction of sp³-hybridized carbons (Fsp3) is 0.857. The van der Waals surface area contributed by atoms with Gasteiger partial charge in [-0.15, -0.1) is 0 Å². The van der Waals surface area contributed by atoms with E-state index in [4.69, 9.17) is 9.47 Å². The summed E-state index contributed by atoms with van der Waals surface area (Å²) in [5.41, 5.74) is 0. The topological polar surface area (TPSA) is 35.5 Å². The molecule has 7 rings (SSSR count). The van der Waals surface area contributed by atoms with Crippen LogP contribution in [0.15, 0.2) is 12.2 Å². The highest BCUT2D eigenvalue weighted by atomic mass is 16.6. The highest BCUT2D eigenvalue weighted by Gasteiger charge is 2.64. The van der Waals surface area contributed by atoms with Gasteiger partial charge >= 0.3 is 5.97 Å². The van der Waals surface area contributed by atoms with Crippen LogP contribution < -0.4 is 0 Å². The van der Waals surface area contributed by atoms with Gasteiger partial charge in [0.25, 0.3) is 0 Å². The number of fused-ring (bicyclic) bond motifs is 10. The Morgan fingerprint density at radius 1 is 0.875 bits per heavy atom. The van der Waals surface area contributed by atoms with Gasteiger partial charge in [-0.25, -0.2) is 0 Å². The van der Waals surface area contributed by atoms with E-state index < -0.39 is 0 Å². The Bertz CT molecular complexity index is 639. The molecule has 6 bridgehead atoms. The number of carbonyl (C=O) groups excluding carboxylic acids is 1. The van der Waals surface area contributed by atoms with Crippen molar-refractivity contribution in [2.75, 3.05) is 6.61 Å². The second-order valence-electron chi connectivity index (χ2n) is 9.96. The van der Waals surface area contributed by atoms with Gasteiger partial charge in [0.05, 0.1) is 18.6 Å². The molecule has 0 amide bonds. The van der Waals surface area contributed by atoms with Crippen molar-refractivity contribution in [2.45, 2.75) is 44.3 Å². The molecule has 0 aromatic heterocycles. The molecule has 7 aliphatic rings. The van der Waals surface area contributed by atoms with Crippen LogP contribution in [0.5, 0.6) is 0 Å². The van der Waals surface area contributed by atoms with Gasteiger partial charge in [0.2, 0.25) is 0 Å². The molecular weight excluding hydrogens is 300 g/mol. The van der Waals surface area contributed by atoms with Gasteiger partial charge < -0.3 is 9.47 Å². The van der Waals surface area contributed by atoms with Gasteiger partial charge in [-0.3, -0.25) is 4.79 Å². The van der Waals surface area contributed by atoms with E-state index >= 15 is 0 Å². The largest absolute Gasteiger partial charge is 0.459 e. The Balaban J connectivity index is 1.11. The Labute approximate surface area is 143 Å². The number of allylic oxidation sites excluding steroid dienone is 2. The zero-order valence-corrected chi connectivity index (χ0v) is 14.1. The number of rotatable bonds is 2. The van der Waals surface area contributed by atoms with Crippen molar-refractivity contribution < 1.29 is 14.3 Å². The summed E-state index contributed by atoms with van der Waals surface area (Å²) in [5.74, 6) is 7.08. The second kappa shape index (κ2) is 4.28. The van der Waals surface area contributed by atoms with Crippen molar-refractivity contribution in [1.82, 2.24) is 0 Å². The van der Waals surface area contributed by atoms with Crippen molar-refractivity contribution in [3.8, 4) is 0 Å². The number of ether oxygens (including phenoxy) is 2. The van der Waals surface area contributed by atoms with Crippen LogP contribution in [0.2, 0.25) is 0 Å². The fourth-order valence-electron chi connectivity index (χ4n) is 8.70. The normalized spacial score (nSPS) is 63.5. The summed E-state index contributed by atoms with van der Waals surface area (Å²) < 4.78 is 12.2. The third-order valence-electron chi connectivity index (χ3n) is 9.32. The van der Waals surface area contributed by atoms with Gasteiger partial charge in [0.1, 0.15) is 6.10 Å². The van der Waals surface area contributed by atoms with Crippen molar-refractivity contribution in [2.24, 2.45) is 59.2 Å². The third-order valence-corrected chi connectivity index (χ3v) is 9.32. The predicted molar refractivity (Wildman–Crippen MR) is 86.7 cm³/mol. The first-order chi connectivity index (χ1) is 11.8. The van der Waals surface area contributed by atoms with Crippen LogP contribution >= 0.6 is 0 Å². The van der Waals surface area contributed by atoms with E-state index in [1.165, 1.54) is 25.7 Å². The van der Waals surface area contributed by atoms with E-state index in [9.17, 15) is 4.79 Å². The van der Waals surface area contributed by atoms with Gasteiger partial charge in [-0.2, -0.15) is 0 Å². The van der Waals surface area contributed by atoms with Gasteiger partial charge in [0, 0.05) is 0 Å². The van der Waals surface area contributed by atoms with Crippen LogP contribution in [0.25, 0.3) is 0 Å². The third kappa shape index (κ3) is 1.45. The van der Waals surface area contributed by atoms with Crippen molar-refractivity contribution in [1.29, 1.82) is 0 Å². The second-order valence-corrected chi connectivity index (χ2v) is 9.96. The van der Waals surface area contributed by atoms with Crippen LogP contribution in [0.4, 0.5) is 0 Å². The van der Waals surface area contributed by atoms with Crippen LogP contribution in [-0.4, -0.2) is 24.8 Å². The lowest BCUT2D eigenvalue weighted by molar-refractivity contribution is -0.165. The SMILES string of the molecule is O=C(OC1C2CC3COC1C3C2)C1CC2CC1C1C3C=CC(C3)C21. The molecule has 0 radical (unpaired) electrons. The van der Waals surface area contributed by atoms with E-state index in [0.29, 0.717) is 17.8 Å². The maximum atomic E-state index is 13.0. The van der Waals surface area contributed by atoms with Crippen LogP contribution in [-0.2, 0) is 14.3 Å². The molecule has 12 atom stereocenters. The zero-order valence-electron chi connectivity index (χ0n) is 14.1. The first kappa shape index (κ1) is 13.4. The van der Waals surface area contributed by atoms with E-state index in [0.717, 1.165) is 48.5 Å². The van der Waals surface area contributed by atoms with Gasteiger partial charge in [-0.05, 0) is 85.4 Å². The maximum Gasteiger partial charge on any atom is 0.309 e. The number of esters is 1. The molecule has 3 heteroatoms. The standard InChI is InChI=1S/C21H26O3/c22-21(24-19-12-4-13-8-23-20(19)14(13)7-12)16-6-11-5-15(16)18-10-2-1-9(3-10)17(11)18/h1-2,9-20H,3-8H2. The highest BCUT2D eigenvalue weighted by Crippen LogP contribution is 2.67. The summed E-state index contributed by atoms with van der Waals surface area (Å²) in [6.07, 6.45) is 11.5. The minimum absolute atomic E-state index is 0.0797. The predicted octanol–water partition coefficient (Wildman–Crippen LogP) is 3.05. The molecule has 0 aromatic carbocycles. The molecule has 24 heavy (non-hydrogen) atoms. The lowest BCUT2D eigenvalue weighted by Gasteiger charge is -2.36. The summed E-state index contributed by atoms with van der Waals surface area (Å²) in [5, 5.41) is 0. The fourth-order valence-corrected chi connectivity index (χ4v) is 8.70. The highest BCUT2D eigenvalue weighted by molar-refractivity contribution is 5.74. The molecule has 6 aliphatic carbocycles. The van der Waals surface area contributed by atoms with Crippen molar-refractivity contribution >= 4 is 5.97 Å². The molecule has 0 aromatic rings. The average Bonchev–Trinajstić information content (AvgIpc) is 3.39. The summed E-state index contributed by atoms with van der Waals surface area (Å²) in [7, 11) is 0. The molecule has 1 heterocycles. The first-order valence-electron chi connectivity index (χ1n) is 10.3. The van der Waals surface area contributed by atoms with Crippen LogP contribution in [0.1, 0.15) is 32.1 Å². The van der Waals surface area contributed by atoms with Gasteiger partial charge in [0.15, 0.2) is 0 Å². The lowest BCUT2D eigenvalue weighted by atomic mass is 9.69. The van der Waals surface area contributed by atoms with Gasteiger partial charge in [-0.1, -0.05) is 12.2 Å². The molecule has 128 valence electrons. The molecule has 1 saturated heterocycles. The molecule has 3 nitrogen and oxygen atoms in total. The average molecular weight is 326 g/mol. The molecule has 5 saturated carbocycles. The van der Waals surface area contributed by atoms with Crippen LogP contribution in [0, 0.1) is 59.2 Å². The summed E-state index contributed by atoms with van der Waals surface area (Å²) in [6, 6.07) is 0. The quantitative estimate of drug-likeness (QED) is 0.444. The Morgan fingerprint density at radius 2 is 1.71 bits per heavy atom. The lowest BCUT2D eigenvalue weighted by Crippen LogP contribution is -2.40. The Kier molecular flexibility index (Phi) is 2.39. The molecule has 0 N–H and O–H groups in total. The van der Waals surface area contributed by atoms with E-state index in [-0.39, 0.29) is 24.1 Å². The zero-order chi connectivity index (χ0) is 15.6. The summed E-state index contributed by atoms with van der Waals surface area (Å²) >= 11 is 0. The van der Waals surface area contributed by atoms with E-state index in [2.05, 4.69) is 12.2 Å². The number of hydrogen-bond donors (Lipinski definition) is 0. The first-order valence-corrected chi connectivity index (χ1v) is 10.3. The van der Waals surface area contributed by atoms with E-state index in [1.54, 1.807) is 0 Å². The number of carbonyl (C=O) groups is 1. The summed E-state index contributed by atoms with van der Waals surface area (Å²) in [6.45, 7) is 0.910. The Hall–Kier alpha value is -0.830. The molecule has 0 spiro atoms. The smallest absolute Gasteiger partial charge is 0.309 e. The van der Waals surface area contributed by atoms with E-state index in [1.807, 2.05) is 0 Å². The molecule has 1 aliphatic heterocycles. The molecule has 12 unspecified atom stereocenters. The molecule has 6 fully saturated rings. The van der Waals surface area contributed by atoms with Crippen molar-refractivity contribution in [3.63, 3.8) is 0 Å². The van der Waals surface area contributed by atoms with Crippen molar-refractivity contribution in [3.05, 3.63) is 12.2 Å². The Morgan fingerprint density at radius 3 is 2.62 bits per heavy atom. The maximum absolute atomic E-state index is 13.0. The monoisotopic (exact) mass is 326 g/mol. The van der Waals surface area contributed by atoms with Crippen LogP contribution in [0.3, 0.4) is 0 Å². The summed E-state index contributed by atoms with van der Waals surface area (Å²) in [4.78, 5) is 13.0. The minimum Gasteiger partial charge on any atom is -0.459 e. The minimum atomic E-state index is 0.0797.